The largest absolute Gasteiger partial charge is 0.495 e. The van der Waals surface area contributed by atoms with Gasteiger partial charge in [0.15, 0.2) is 6.61 Å². The quantitative estimate of drug-likeness (QED) is 0.316. The minimum Gasteiger partial charge on any atom is -0.495 e. The van der Waals surface area contributed by atoms with Crippen molar-refractivity contribution < 1.29 is 29.1 Å². The highest BCUT2D eigenvalue weighted by atomic mass is 16.6. The van der Waals surface area contributed by atoms with Crippen molar-refractivity contribution in [2.24, 2.45) is 0 Å². The maximum absolute atomic E-state index is 12.9. The molecule has 0 fully saturated rings. The fourth-order valence-electron chi connectivity index (χ4n) is 3.09. The number of hydrogen-bond acceptors (Lipinski definition) is 7. The van der Waals surface area contributed by atoms with Crippen LogP contribution in [0.2, 0.25) is 0 Å². The summed E-state index contributed by atoms with van der Waals surface area (Å²) in [5.41, 5.74) is -1.79. The van der Waals surface area contributed by atoms with Crippen LogP contribution in [-0.2, 0) is 19.9 Å². The maximum atomic E-state index is 12.9. The molecule has 0 radical (unpaired) electrons. The zero-order valence-electron chi connectivity index (χ0n) is 17.1. The van der Waals surface area contributed by atoms with Crippen LogP contribution in [0.3, 0.4) is 0 Å². The molecule has 0 saturated carbocycles. The molecule has 0 aliphatic carbocycles. The minimum atomic E-state index is -2.13. The summed E-state index contributed by atoms with van der Waals surface area (Å²) < 4.78 is 10.2. The second-order valence-electron chi connectivity index (χ2n) is 6.71. The van der Waals surface area contributed by atoms with Gasteiger partial charge in [-0.2, -0.15) is 0 Å². The number of non-ortho nitro benzene ring substituents is 1. The van der Waals surface area contributed by atoms with Gasteiger partial charge in [0.2, 0.25) is 5.60 Å². The third kappa shape index (κ3) is 4.73. The van der Waals surface area contributed by atoms with Gasteiger partial charge in [-0.15, -0.1) is 0 Å². The lowest BCUT2D eigenvalue weighted by Gasteiger charge is -2.27. The molecule has 0 atom stereocenters. The van der Waals surface area contributed by atoms with Crippen LogP contribution in [0.25, 0.3) is 0 Å². The molecule has 3 aromatic carbocycles. The Balaban J connectivity index is 1.78. The first-order chi connectivity index (χ1) is 15.4. The van der Waals surface area contributed by atoms with Crippen LogP contribution in [0.4, 0.5) is 11.4 Å². The lowest BCUT2D eigenvalue weighted by Crippen LogP contribution is -2.39. The zero-order valence-corrected chi connectivity index (χ0v) is 17.1. The Bertz CT molecular complexity index is 1080. The Morgan fingerprint density at radius 2 is 1.56 bits per heavy atom. The lowest BCUT2D eigenvalue weighted by atomic mass is 9.86. The van der Waals surface area contributed by atoms with Crippen molar-refractivity contribution in [3.63, 3.8) is 0 Å². The average molecular weight is 436 g/mol. The number of anilines is 1. The maximum Gasteiger partial charge on any atom is 0.348 e. The number of nitro benzene ring substituents is 1. The number of nitrogens with one attached hydrogen (secondary N) is 1. The highest BCUT2D eigenvalue weighted by molar-refractivity contribution is 5.95. The molecule has 0 aromatic heterocycles. The van der Waals surface area contributed by atoms with Crippen LogP contribution in [-0.4, -0.2) is 35.6 Å². The number of ether oxygens (including phenoxy) is 2. The van der Waals surface area contributed by atoms with E-state index in [4.69, 9.17) is 9.47 Å². The molecular weight excluding hydrogens is 416 g/mol. The molecule has 0 spiro atoms. The van der Waals surface area contributed by atoms with Crippen LogP contribution in [0.1, 0.15) is 11.1 Å². The summed E-state index contributed by atoms with van der Waals surface area (Å²) in [7, 11) is 1.34. The number of benzene rings is 3. The van der Waals surface area contributed by atoms with Crippen molar-refractivity contribution in [2.45, 2.75) is 5.60 Å². The molecule has 0 unspecified atom stereocenters. The predicted molar refractivity (Wildman–Crippen MR) is 115 cm³/mol. The van der Waals surface area contributed by atoms with Crippen LogP contribution in [0, 0.1) is 10.1 Å². The summed E-state index contributed by atoms with van der Waals surface area (Å²) in [4.78, 5) is 35.7. The molecule has 3 rings (SSSR count). The van der Waals surface area contributed by atoms with Gasteiger partial charge < -0.3 is 19.9 Å². The van der Waals surface area contributed by atoms with Crippen molar-refractivity contribution in [2.75, 3.05) is 19.0 Å². The van der Waals surface area contributed by atoms with Gasteiger partial charge in [0.1, 0.15) is 5.75 Å². The number of aliphatic hydroxyl groups is 1. The van der Waals surface area contributed by atoms with Gasteiger partial charge in [0.05, 0.1) is 17.7 Å². The fraction of sp³-hybridized carbons (Fsp3) is 0.130. The van der Waals surface area contributed by atoms with Crippen molar-refractivity contribution >= 4 is 23.3 Å². The molecule has 0 saturated heterocycles. The third-order valence-electron chi connectivity index (χ3n) is 4.68. The minimum absolute atomic E-state index is 0.0455. The van der Waals surface area contributed by atoms with Gasteiger partial charge in [0, 0.05) is 12.1 Å². The Hall–Kier alpha value is -4.24. The SMILES string of the molecule is COc1ccc([N+](=O)[O-])cc1NC(=O)COC(=O)C(O)(c1ccccc1)c1ccccc1. The molecule has 9 heteroatoms. The van der Waals surface area contributed by atoms with Gasteiger partial charge in [-0.1, -0.05) is 60.7 Å². The number of carbonyl (C=O) groups excluding carboxylic acids is 2. The van der Waals surface area contributed by atoms with Crippen LogP contribution in [0.15, 0.2) is 78.9 Å². The number of nitrogens with zero attached hydrogens (tertiary/aromatic N) is 1. The van der Waals surface area contributed by atoms with Gasteiger partial charge >= 0.3 is 5.97 Å². The van der Waals surface area contributed by atoms with E-state index in [1.807, 2.05) is 0 Å². The first-order valence-electron chi connectivity index (χ1n) is 9.49. The Labute approximate surface area is 183 Å². The number of esters is 1. The number of methoxy groups -OCH3 is 1. The van der Waals surface area contributed by atoms with E-state index in [0.717, 1.165) is 6.07 Å². The van der Waals surface area contributed by atoms with Gasteiger partial charge in [0.25, 0.3) is 11.6 Å². The number of amides is 1. The molecule has 0 heterocycles. The smallest absolute Gasteiger partial charge is 0.348 e. The first-order valence-corrected chi connectivity index (χ1v) is 9.49. The zero-order chi connectivity index (χ0) is 23.1. The Morgan fingerprint density at radius 1 is 1.00 bits per heavy atom. The van der Waals surface area contributed by atoms with Gasteiger partial charge in [-0.3, -0.25) is 14.9 Å². The molecule has 0 aliphatic heterocycles. The Morgan fingerprint density at radius 3 is 2.06 bits per heavy atom. The van der Waals surface area contributed by atoms with E-state index >= 15 is 0 Å². The standard InChI is InChI=1S/C23H20N2O7/c1-31-20-13-12-18(25(29)30)14-19(20)24-21(26)15-32-22(27)23(28,16-8-4-2-5-9-16)17-10-6-3-7-11-17/h2-14,28H,15H2,1H3,(H,24,26). The molecule has 3 aromatic rings. The van der Waals surface area contributed by atoms with E-state index < -0.39 is 29.0 Å². The fourth-order valence-corrected chi connectivity index (χ4v) is 3.09. The van der Waals surface area contributed by atoms with E-state index in [9.17, 15) is 24.8 Å². The number of hydrogen-bond donors (Lipinski definition) is 2. The second-order valence-corrected chi connectivity index (χ2v) is 6.71. The second kappa shape index (κ2) is 9.71. The van der Waals surface area contributed by atoms with E-state index in [1.165, 1.54) is 19.2 Å². The molecule has 1 amide bonds. The lowest BCUT2D eigenvalue weighted by molar-refractivity contribution is -0.384. The average Bonchev–Trinajstić information content (AvgIpc) is 2.83. The van der Waals surface area contributed by atoms with E-state index in [2.05, 4.69) is 5.32 Å². The third-order valence-corrected chi connectivity index (χ3v) is 4.68. The number of carbonyl (C=O) groups is 2. The van der Waals surface area contributed by atoms with Crippen LogP contribution in [0.5, 0.6) is 5.75 Å². The van der Waals surface area contributed by atoms with E-state index in [0.29, 0.717) is 0 Å². The molecule has 2 N–H and O–H groups in total. The topological polar surface area (TPSA) is 128 Å². The van der Waals surface area contributed by atoms with Crippen molar-refractivity contribution in [3.8, 4) is 5.75 Å². The van der Waals surface area contributed by atoms with Crippen molar-refractivity contribution in [1.82, 2.24) is 0 Å². The van der Waals surface area contributed by atoms with Crippen LogP contribution < -0.4 is 10.1 Å². The van der Waals surface area contributed by atoms with E-state index in [-0.39, 0.29) is 28.3 Å². The molecule has 32 heavy (non-hydrogen) atoms. The molecular formula is C23H20N2O7. The Kier molecular flexibility index (Phi) is 6.81. The normalized spacial score (nSPS) is 10.8. The summed E-state index contributed by atoms with van der Waals surface area (Å²) in [5, 5.41) is 24.7. The summed E-state index contributed by atoms with van der Waals surface area (Å²) >= 11 is 0. The summed E-state index contributed by atoms with van der Waals surface area (Å²) in [5.74, 6) is -1.61. The summed E-state index contributed by atoms with van der Waals surface area (Å²) in [6, 6.07) is 20.1. The van der Waals surface area contributed by atoms with E-state index in [1.54, 1.807) is 60.7 Å². The summed E-state index contributed by atoms with van der Waals surface area (Å²) in [6.45, 7) is -0.730. The monoisotopic (exact) mass is 436 g/mol. The number of nitro groups is 1. The highest BCUT2D eigenvalue weighted by Gasteiger charge is 2.41. The molecule has 9 nitrogen and oxygen atoms in total. The highest BCUT2D eigenvalue weighted by Crippen LogP contribution is 2.31. The molecule has 164 valence electrons. The first kappa shape index (κ1) is 22.4. The van der Waals surface area contributed by atoms with Crippen LogP contribution >= 0.6 is 0 Å². The van der Waals surface area contributed by atoms with Gasteiger partial charge in [-0.25, -0.2) is 4.79 Å². The van der Waals surface area contributed by atoms with Crippen molar-refractivity contribution in [1.29, 1.82) is 0 Å². The van der Waals surface area contributed by atoms with Gasteiger partial charge in [-0.05, 0) is 17.2 Å². The summed E-state index contributed by atoms with van der Waals surface area (Å²) in [6.07, 6.45) is 0. The molecule has 0 bridgehead atoms. The van der Waals surface area contributed by atoms with Crippen molar-refractivity contribution in [3.05, 3.63) is 100 Å². The molecule has 0 aliphatic rings. The number of rotatable bonds is 8. The predicted octanol–water partition coefficient (Wildman–Crippen LogP) is 3.02.